The number of hydrogen-bond donors (Lipinski definition) is 2. The number of pyridine rings is 1. The number of carbonyl (C=O) groups is 1. The molecule has 0 unspecified atom stereocenters. The standard InChI is InChI=1S/C11H10N4O/c16-11(14-10-5-7-13-15-10)4-3-9-2-1-6-12-8-9/h1-8H,(H2,13,14,15,16)/b4-3+. The molecule has 2 rings (SSSR count). The van der Waals surface area contributed by atoms with Crippen LogP contribution in [-0.2, 0) is 4.79 Å². The molecule has 0 bridgehead atoms. The third-order valence-electron chi connectivity index (χ3n) is 1.87. The molecule has 0 radical (unpaired) electrons. The Labute approximate surface area is 92.2 Å². The summed E-state index contributed by atoms with van der Waals surface area (Å²) in [7, 11) is 0. The number of carbonyl (C=O) groups excluding carboxylic acids is 1. The Morgan fingerprint density at radius 2 is 2.31 bits per heavy atom. The number of rotatable bonds is 3. The van der Waals surface area contributed by atoms with Crippen LogP contribution in [0, 0.1) is 0 Å². The smallest absolute Gasteiger partial charge is 0.249 e. The Morgan fingerprint density at radius 3 is 3.00 bits per heavy atom. The predicted molar refractivity (Wildman–Crippen MR) is 60.5 cm³/mol. The molecule has 0 saturated carbocycles. The summed E-state index contributed by atoms with van der Waals surface area (Å²) >= 11 is 0. The van der Waals surface area contributed by atoms with Crippen molar-refractivity contribution >= 4 is 17.8 Å². The zero-order valence-electron chi connectivity index (χ0n) is 8.42. The van der Waals surface area contributed by atoms with Crippen molar-refractivity contribution in [3.63, 3.8) is 0 Å². The van der Waals surface area contributed by atoms with Crippen molar-refractivity contribution in [1.82, 2.24) is 15.2 Å². The molecule has 2 N–H and O–H groups in total. The largest absolute Gasteiger partial charge is 0.307 e. The van der Waals surface area contributed by atoms with Gasteiger partial charge in [-0.25, -0.2) is 0 Å². The van der Waals surface area contributed by atoms with Crippen LogP contribution >= 0.6 is 0 Å². The van der Waals surface area contributed by atoms with Gasteiger partial charge in [0.1, 0.15) is 5.82 Å². The van der Waals surface area contributed by atoms with E-state index in [0.717, 1.165) is 5.56 Å². The van der Waals surface area contributed by atoms with Gasteiger partial charge in [0, 0.05) is 24.5 Å². The molecule has 0 atom stereocenters. The van der Waals surface area contributed by atoms with Gasteiger partial charge in [-0.1, -0.05) is 6.07 Å². The minimum Gasteiger partial charge on any atom is -0.307 e. The highest BCUT2D eigenvalue weighted by molar-refractivity contribution is 6.01. The number of aromatic nitrogens is 3. The fourth-order valence-electron chi connectivity index (χ4n) is 1.15. The van der Waals surface area contributed by atoms with E-state index in [1.807, 2.05) is 12.1 Å². The van der Waals surface area contributed by atoms with E-state index in [1.165, 1.54) is 6.08 Å². The van der Waals surface area contributed by atoms with Crippen LogP contribution in [0.3, 0.4) is 0 Å². The molecule has 5 nitrogen and oxygen atoms in total. The number of H-pyrrole nitrogens is 1. The average Bonchev–Trinajstić information content (AvgIpc) is 2.81. The molecule has 2 aromatic rings. The molecule has 0 aromatic carbocycles. The maximum atomic E-state index is 11.4. The minimum absolute atomic E-state index is 0.215. The van der Waals surface area contributed by atoms with Gasteiger partial charge < -0.3 is 5.32 Å². The van der Waals surface area contributed by atoms with E-state index in [4.69, 9.17) is 0 Å². The maximum absolute atomic E-state index is 11.4. The minimum atomic E-state index is -0.215. The molecular formula is C11H10N4O. The summed E-state index contributed by atoms with van der Waals surface area (Å²) in [5.41, 5.74) is 0.877. The molecule has 0 aliphatic rings. The Kier molecular flexibility index (Phi) is 3.08. The third kappa shape index (κ3) is 2.78. The van der Waals surface area contributed by atoms with Gasteiger partial charge >= 0.3 is 0 Å². The van der Waals surface area contributed by atoms with Gasteiger partial charge in [-0.15, -0.1) is 0 Å². The van der Waals surface area contributed by atoms with Crippen LogP contribution in [0.4, 0.5) is 5.82 Å². The second-order valence-electron chi connectivity index (χ2n) is 3.08. The van der Waals surface area contributed by atoms with E-state index in [2.05, 4.69) is 20.5 Å². The molecular weight excluding hydrogens is 204 g/mol. The van der Waals surface area contributed by atoms with E-state index in [1.54, 1.807) is 30.7 Å². The first kappa shape index (κ1) is 10.1. The van der Waals surface area contributed by atoms with Crippen LogP contribution < -0.4 is 5.32 Å². The van der Waals surface area contributed by atoms with Gasteiger partial charge in [0.2, 0.25) is 5.91 Å². The summed E-state index contributed by atoms with van der Waals surface area (Å²) in [6.07, 6.45) is 8.07. The highest BCUT2D eigenvalue weighted by atomic mass is 16.1. The molecule has 5 heteroatoms. The molecule has 2 aromatic heterocycles. The van der Waals surface area contributed by atoms with E-state index >= 15 is 0 Å². The van der Waals surface area contributed by atoms with Gasteiger partial charge in [0.15, 0.2) is 0 Å². The second-order valence-corrected chi connectivity index (χ2v) is 3.08. The van der Waals surface area contributed by atoms with Crippen LogP contribution in [-0.4, -0.2) is 21.1 Å². The van der Waals surface area contributed by atoms with Crippen molar-refractivity contribution in [3.8, 4) is 0 Å². The lowest BCUT2D eigenvalue weighted by Gasteiger charge is -1.96. The topological polar surface area (TPSA) is 70.7 Å². The van der Waals surface area contributed by atoms with Gasteiger partial charge in [-0.2, -0.15) is 5.10 Å². The quantitative estimate of drug-likeness (QED) is 0.760. The Hall–Kier alpha value is -2.43. The first-order chi connectivity index (χ1) is 7.84. The summed E-state index contributed by atoms with van der Waals surface area (Å²) in [4.78, 5) is 15.4. The van der Waals surface area contributed by atoms with E-state index < -0.39 is 0 Å². The molecule has 0 saturated heterocycles. The molecule has 0 spiro atoms. The van der Waals surface area contributed by atoms with Crippen molar-refractivity contribution in [2.24, 2.45) is 0 Å². The highest BCUT2D eigenvalue weighted by Crippen LogP contribution is 2.01. The van der Waals surface area contributed by atoms with Crippen LogP contribution in [0.2, 0.25) is 0 Å². The van der Waals surface area contributed by atoms with E-state index in [9.17, 15) is 4.79 Å². The normalized spacial score (nSPS) is 10.5. The van der Waals surface area contributed by atoms with Gasteiger partial charge in [-0.05, 0) is 17.7 Å². The fourth-order valence-corrected chi connectivity index (χ4v) is 1.15. The summed E-state index contributed by atoms with van der Waals surface area (Å²) in [6, 6.07) is 5.36. The van der Waals surface area contributed by atoms with Crippen LogP contribution in [0.5, 0.6) is 0 Å². The molecule has 80 valence electrons. The van der Waals surface area contributed by atoms with Crippen molar-refractivity contribution in [2.75, 3.05) is 5.32 Å². The monoisotopic (exact) mass is 214 g/mol. The maximum Gasteiger partial charge on any atom is 0.249 e. The lowest BCUT2D eigenvalue weighted by molar-refractivity contribution is -0.111. The number of anilines is 1. The number of amides is 1. The van der Waals surface area contributed by atoms with Crippen molar-refractivity contribution in [3.05, 3.63) is 48.4 Å². The summed E-state index contributed by atoms with van der Waals surface area (Å²) < 4.78 is 0. The lowest BCUT2D eigenvalue weighted by atomic mass is 10.2. The number of aromatic amines is 1. The molecule has 0 fully saturated rings. The van der Waals surface area contributed by atoms with Crippen molar-refractivity contribution in [2.45, 2.75) is 0 Å². The van der Waals surface area contributed by atoms with Crippen LogP contribution in [0.1, 0.15) is 5.56 Å². The van der Waals surface area contributed by atoms with Crippen molar-refractivity contribution in [1.29, 1.82) is 0 Å². The third-order valence-corrected chi connectivity index (χ3v) is 1.87. The van der Waals surface area contributed by atoms with Gasteiger partial charge in [0.05, 0.1) is 6.20 Å². The Morgan fingerprint density at radius 1 is 1.38 bits per heavy atom. The van der Waals surface area contributed by atoms with Gasteiger partial charge in [-0.3, -0.25) is 14.9 Å². The SMILES string of the molecule is O=C(/C=C/c1cccnc1)Nc1ccn[nH]1. The molecule has 16 heavy (non-hydrogen) atoms. The van der Waals surface area contributed by atoms with Crippen LogP contribution in [0.15, 0.2) is 42.9 Å². The van der Waals surface area contributed by atoms with Gasteiger partial charge in [0.25, 0.3) is 0 Å². The first-order valence-corrected chi connectivity index (χ1v) is 4.73. The summed E-state index contributed by atoms with van der Waals surface area (Å²) in [5, 5.41) is 8.99. The summed E-state index contributed by atoms with van der Waals surface area (Å²) in [6.45, 7) is 0. The zero-order valence-corrected chi connectivity index (χ0v) is 8.42. The molecule has 2 heterocycles. The Balaban J connectivity index is 1.95. The number of hydrogen-bond acceptors (Lipinski definition) is 3. The predicted octanol–water partition coefficient (Wildman–Crippen LogP) is 1.46. The number of nitrogens with zero attached hydrogens (tertiary/aromatic N) is 2. The van der Waals surface area contributed by atoms with Crippen LogP contribution in [0.25, 0.3) is 6.08 Å². The fraction of sp³-hybridized carbons (Fsp3) is 0. The van der Waals surface area contributed by atoms with E-state index in [-0.39, 0.29) is 5.91 Å². The lowest BCUT2D eigenvalue weighted by Crippen LogP contribution is -2.07. The molecule has 0 aliphatic carbocycles. The number of nitrogens with one attached hydrogen (secondary N) is 2. The highest BCUT2D eigenvalue weighted by Gasteiger charge is 1.97. The van der Waals surface area contributed by atoms with E-state index in [0.29, 0.717) is 5.82 Å². The first-order valence-electron chi connectivity index (χ1n) is 4.73. The average molecular weight is 214 g/mol. The Bertz CT molecular complexity index is 476. The molecule has 0 aliphatic heterocycles. The summed E-state index contributed by atoms with van der Waals surface area (Å²) in [5.74, 6) is 0.355. The molecule has 1 amide bonds. The zero-order chi connectivity index (χ0) is 11.2. The second kappa shape index (κ2) is 4.88. The van der Waals surface area contributed by atoms with Crippen molar-refractivity contribution < 1.29 is 4.79 Å².